The highest BCUT2D eigenvalue weighted by atomic mass is 16.5. The Morgan fingerprint density at radius 1 is 0.679 bits per heavy atom. The van der Waals surface area contributed by atoms with Crippen LogP contribution in [0.15, 0.2) is 24.3 Å². The summed E-state index contributed by atoms with van der Waals surface area (Å²) < 4.78 is 11.0. The van der Waals surface area contributed by atoms with Crippen molar-refractivity contribution in [1.29, 1.82) is 0 Å². The highest BCUT2D eigenvalue weighted by Gasteiger charge is 2.21. The molecule has 0 radical (unpaired) electrons. The van der Waals surface area contributed by atoms with Gasteiger partial charge in [0.2, 0.25) is 0 Å². The van der Waals surface area contributed by atoms with Gasteiger partial charge in [-0.3, -0.25) is 0 Å². The quantitative estimate of drug-likeness (QED) is 0.593. The first kappa shape index (κ1) is 20.9. The maximum absolute atomic E-state index is 12.3. The molecule has 28 heavy (non-hydrogen) atoms. The SMILES string of the molecule is CC1CCC(COC(=O)c2ccc(C(=O)OCC3CCC(C)CC3)cc2)CC1. The van der Waals surface area contributed by atoms with Crippen molar-refractivity contribution in [3.05, 3.63) is 35.4 Å². The van der Waals surface area contributed by atoms with Gasteiger partial charge >= 0.3 is 11.9 Å². The second-order valence-corrected chi connectivity index (χ2v) is 9.03. The third-order valence-electron chi connectivity index (χ3n) is 6.53. The lowest BCUT2D eigenvalue weighted by Gasteiger charge is -2.25. The molecule has 0 amide bonds. The first-order valence-corrected chi connectivity index (χ1v) is 11.0. The third kappa shape index (κ3) is 6.08. The lowest BCUT2D eigenvalue weighted by Crippen LogP contribution is -2.20. The minimum atomic E-state index is -0.310. The van der Waals surface area contributed by atoms with Crippen LogP contribution in [0.2, 0.25) is 0 Å². The predicted octanol–water partition coefficient (Wildman–Crippen LogP) is 5.65. The summed E-state index contributed by atoms with van der Waals surface area (Å²) in [5.74, 6) is 1.93. The first-order chi connectivity index (χ1) is 13.5. The Morgan fingerprint density at radius 3 is 1.32 bits per heavy atom. The smallest absolute Gasteiger partial charge is 0.338 e. The second kappa shape index (κ2) is 10.1. The minimum absolute atomic E-state index is 0.310. The zero-order chi connectivity index (χ0) is 19.9. The van der Waals surface area contributed by atoms with E-state index in [2.05, 4.69) is 13.8 Å². The summed E-state index contributed by atoms with van der Waals surface area (Å²) in [5, 5.41) is 0. The van der Waals surface area contributed by atoms with E-state index in [1.54, 1.807) is 24.3 Å². The number of hydrogen-bond donors (Lipinski definition) is 0. The van der Waals surface area contributed by atoms with Crippen LogP contribution in [0, 0.1) is 23.7 Å². The molecule has 154 valence electrons. The van der Waals surface area contributed by atoms with Gasteiger partial charge in [-0.2, -0.15) is 0 Å². The summed E-state index contributed by atoms with van der Waals surface area (Å²) in [6, 6.07) is 6.63. The van der Waals surface area contributed by atoms with Crippen molar-refractivity contribution in [2.45, 2.75) is 65.2 Å². The average Bonchev–Trinajstić information content (AvgIpc) is 2.72. The Balaban J connectivity index is 1.42. The summed E-state index contributed by atoms with van der Waals surface area (Å²) in [6.07, 6.45) is 9.44. The molecule has 2 aliphatic rings. The summed E-state index contributed by atoms with van der Waals surface area (Å²) in [5.41, 5.74) is 0.976. The Kier molecular flexibility index (Phi) is 7.52. The molecule has 0 saturated heterocycles. The van der Waals surface area contributed by atoms with E-state index < -0.39 is 0 Å². The number of rotatable bonds is 6. The fourth-order valence-electron chi connectivity index (χ4n) is 4.29. The van der Waals surface area contributed by atoms with Crippen LogP contribution in [0.1, 0.15) is 85.9 Å². The van der Waals surface area contributed by atoms with Crippen LogP contribution < -0.4 is 0 Å². The molecule has 0 bridgehead atoms. The van der Waals surface area contributed by atoms with E-state index in [1.165, 1.54) is 25.7 Å². The number of ether oxygens (including phenoxy) is 2. The number of esters is 2. The predicted molar refractivity (Wildman–Crippen MR) is 109 cm³/mol. The molecule has 2 aliphatic carbocycles. The van der Waals surface area contributed by atoms with Crippen molar-refractivity contribution in [2.24, 2.45) is 23.7 Å². The van der Waals surface area contributed by atoms with Crippen molar-refractivity contribution >= 4 is 11.9 Å². The van der Waals surface area contributed by atoms with Crippen molar-refractivity contribution in [2.75, 3.05) is 13.2 Å². The number of benzene rings is 1. The average molecular weight is 387 g/mol. The van der Waals surface area contributed by atoms with E-state index in [-0.39, 0.29) is 11.9 Å². The van der Waals surface area contributed by atoms with E-state index in [9.17, 15) is 9.59 Å². The Labute approximate surface area is 169 Å². The molecule has 0 spiro atoms. The summed E-state index contributed by atoms with van der Waals surface area (Å²) in [7, 11) is 0. The van der Waals surface area contributed by atoms with Gasteiger partial charge in [-0.15, -0.1) is 0 Å². The van der Waals surface area contributed by atoms with Crippen molar-refractivity contribution in [1.82, 2.24) is 0 Å². The number of carbonyl (C=O) groups excluding carboxylic acids is 2. The fraction of sp³-hybridized carbons (Fsp3) is 0.667. The Hall–Kier alpha value is -1.84. The van der Waals surface area contributed by atoms with E-state index in [1.807, 2.05) is 0 Å². The molecule has 4 heteroatoms. The zero-order valence-corrected chi connectivity index (χ0v) is 17.3. The normalized spacial score (nSPS) is 27.8. The number of hydrogen-bond acceptors (Lipinski definition) is 4. The van der Waals surface area contributed by atoms with Gasteiger partial charge in [0.05, 0.1) is 24.3 Å². The molecule has 4 nitrogen and oxygen atoms in total. The maximum Gasteiger partial charge on any atom is 0.338 e. The van der Waals surface area contributed by atoms with Gasteiger partial charge in [0.25, 0.3) is 0 Å². The number of carbonyl (C=O) groups is 2. The topological polar surface area (TPSA) is 52.6 Å². The van der Waals surface area contributed by atoms with E-state index >= 15 is 0 Å². The molecule has 0 N–H and O–H groups in total. The highest BCUT2D eigenvalue weighted by molar-refractivity contribution is 5.93. The van der Waals surface area contributed by atoms with Gasteiger partial charge in [0.1, 0.15) is 0 Å². The van der Waals surface area contributed by atoms with Crippen LogP contribution in [0.5, 0.6) is 0 Å². The van der Waals surface area contributed by atoms with Gasteiger partial charge < -0.3 is 9.47 Å². The standard InChI is InChI=1S/C24H34O4/c1-17-3-7-19(8-4-17)15-27-23(25)21-11-13-22(14-12-21)24(26)28-16-20-9-5-18(2)6-10-20/h11-14,17-20H,3-10,15-16H2,1-2H3. The van der Waals surface area contributed by atoms with Gasteiger partial charge in [0, 0.05) is 0 Å². The lowest BCUT2D eigenvalue weighted by atomic mass is 9.83. The molecule has 1 aromatic carbocycles. The second-order valence-electron chi connectivity index (χ2n) is 9.03. The third-order valence-corrected chi connectivity index (χ3v) is 6.53. The van der Waals surface area contributed by atoms with E-state index in [4.69, 9.17) is 9.47 Å². The van der Waals surface area contributed by atoms with Crippen molar-refractivity contribution < 1.29 is 19.1 Å². The molecule has 0 atom stereocenters. The molecule has 2 fully saturated rings. The van der Waals surface area contributed by atoms with Crippen LogP contribution in [0.3, 0.4) is 0 Å². The molecule has 3 rings (SSSR count). The molecule has 2 saturated carbocycles. The van der Waals surface area contributed by atoms with Crippen LogP contribution in [0.25, 0.3) is 0 Å². The van der Waals surface area contributed by atoms with Crippen molar-refractivity contribution in [3.63, 3.8) is 0 Å². The zero-order valence-electron chi connectivity index (χ0n) is 17.3. The Bertz CT molecular complexity index is 578. The van der Waals surface area contributed by atoms with Crippen molar-refractivity contribution in [3.8, 4) is 0 Å². The molecule has 0 heterocycles. The van der Waals surface area contributed by atoms with Gasteiger partial charge in [-0.05, 0) is 73.6 Å². The summed E-state index contributed by atoms with van der Waals surface area (Å²) in [6.45, 7) is 5.56. The maximum atomic E-state index is 12.3. The Morgan fingerprint density at radius 2 is 1.00 bits per heavy atom. The van der Waals surface area contributed by atoms with E-state index in [0.29, 0.717) is 36.2 Å². The highest BCUT2D eigenvalue weighted by Crippen LogP contribution is 2.29. The summed E-state index contributed by atoms with van der Waals surface area (Å²) in [4.78, 5) is 24.5. The van der Waals surface area contributed by atoms with Crippen LogP contribution >= 0.6 is 0 Å². The molecule has 0 aromatic heterocycles. The van der Waals surface area contributed by atoms with Crippen LogP contribution in [-0.4, -0.2) is 25.2 Å². The lowest BCUT2D eigenvalue weighted by molar-refractivity contribution is 0.0384. The molecular weight excluding hydrogens is 352 g/mol. The molecule has 0 unspecified atom stereocenters. The first-order valence-electron chi connectivity index (χ1n) is 11.0. The molecule has 1 aromatic rings. The van der Waals surface area contributed by atoms with Crippen LogP contribution in [0.4, 0.5) is 0 Å². The van der Waals surface area contributed by atoms with Gasteiger partial charge in [-0.1, -0.05) is 39.5 Å². The minimum Gasteiger partial charge on any atom is -0.462 e. The van der Waals surface area contributed by atoms with Gasteiger partial charge in [-0.25, -0.2) is 9.59 Å². The van der Waals surface area contributed by atoms with E-state index in [0.717, 1.165) is 37.5 Å². The summed E-state index contributed by atoms with van der Waals surface area (Å²) >= 11 is 0. The van der Waals surface area contributed by atoms with Gasteiger partial charge in [0.15, 0.2) is 0 Å². The monoisotopic (exact) mass is 386 g/mol. The fourth-order valence-corrected chi connectivity index (χ4v) is 4.29. The van der Waals surface area contributed by atoms with Crippen LogP contribution in [-0.2, 0) is 9.47 Å². The molecule has 0 aliphatic heterocycles. The largest absolute Gasteiger partial charge is 0.462 e. The molecular formula is C24H34O4.